The van der Waals surface area contributed by atoms with Crippen molar-refractivity contribution in [3.63, 3.8) is 0 Å². The zero-order valence-electron chi connectivity index (χ0n) is 55.8. The fourth-order valence-corrected chi connectivity index (χ4v) is 12.0. The van der Waals surface area contributed by atoms with Crippen molar-refractivity contribution in [2.24, 2.45) is 0 Å². The van der Waals surface area contributed by atoms with Crippen LogP contribution in [0.1, 0.15) is 425 Å². The summed E-state index contributed by atoms with van der Waals surface area (Å²) in [6.45, 7) is 4.95. The van der Waals surface area contributed by atoms with Gasteiger partial charge in [0.1, 0.15) is 0 Å². The second-order valence-corrected chi connectivity index (χ2v) is 26.0. The van der Waals surface area contributed by atoms with Crippen LogP contribution in [0.15, 0.2) is 24.3 Å². The fourth-order valence-electron chi connectivity index (χ4n) is 12.0. The topological polar surface area (TPSA) is 95.9 Å². The summed E-state index contributed by atoms with van der Waals surface area (Å²) >= 11 is 0. The predicted octanol–water partition coefficient (Wildman–Crippen LogP) is 24.5. The first-order valence-electron chi connectivity index (χ1n) is 37.6. The van der Waals surface area contributed by atoms with Gasteiger partial charge >= 0.3 is 5.97 Å². The number of esters is 1. The smallest absolute Gasteiger partial charge is 0.305 e. The number of unbranched alkanes of at least 4 members (excludes halogenated alkanes) is 58. The molecule has 0 bridgehead atoms. The van der Waals surface area contributed by atoms with E-state index < -0.39 is 12.1 Å². The molecule has 0 aliphatic carbocycles. The predicted molar refractivity (Wildman–Crippen MR) is 361 cm³/mol. The lowest BCUT2D eigenvalue weighted by molar-refractivity contribution is -0.143. The van der Waals surface area contributed by atoms with Crippen molar-refractivity contribution in [1.82, 2.24) is 5.32 Å². The molecular weight excluding hydrogens is 1010 g/mol. The molecule has 486 valence electrons. The molecule has 0 aromatic heterocycles. The summed E-state index contributed by atoms with van der Waals surface area (Å²) in [6.07, 6.45) is 91.4. The number of aliphatic hydroxyl groups is 2. The first-order valence-corrected chi connectivity index (χ1v) is 37.6. The lowest BCUT2D eigenvalue weighted by Crippen LogP contribution is -2.45. The number of amides is 1. The van der Waals surface area contributed by atoms with Crippen LogP contribution in [-0.4, -0.2) is 47.4 Å². The van der Waals surface area contributed by atoms with Crippen molar-refractivity contribution in [3.05, 3.63) is 24.3 Å². The molecule has 2 atom stereocenters. The van der Waals surface area contributed by atoms with Crippen molar-refractivity contribution in [1.29, 1.82) is 0 Å². The molecule has 2 unspecified atom stereocenters. The van der Waals surface area contributed by atoms with Gasteiger partial charge in [-0.05, 0) is 57.8 Å². The van der Waals surface area contributed by atoms with Gasteiger partial charge in [0.25, 0.3) is 0 Å². The van der Waals surface area contributed by atoms with Crippen molar-refractivity contribution in [2.75, 3.05) is 13.2 Å². The van der Waals surface area contributed by atoms with Gasteiger partial charge in [-0.25, -0.2) is 0 Å². The van der Waals surface area contributed by atoms with E-state index in [1.165, 1.54) is 360 Å². The summed E-state index contributed by atoms with van der Waals surface area (Å²) in [4.78, 5) is 24.6. The average Bonchev–Trinajstić information content (AvgIpc) is 3.48. The summed E-state index contributed by atoms with van der Waals surface area (Å²) in [6, 6.07) is -0.626. The lowest BCUT2D eigenvalue weighted by atomic mass is 10.0. The number of carbonyl (C=O) groups is 2. The Hall–Kier alpha value is -1.66. The summed E-state index contributed by atoms with van der Waals surface area (Å²) in [7, 11) is 0. The number of nitrogens with one attached hydrogen (secondary N) is 1. The van der Waals surface area contributed by atoms with Gasteiger partial charge in [0, 0.05) is 12.8 Å². The fraction of sp³-hybridized carbons (Fsp3) is 0.921. The van der Waals surface area contributed by atoms with E-state index in [4.69, 9.17) is 4.74 Å². The molecule has 6 nitrogen and oxygen atoms in total. The number of allylic oxidation sites excluding steroid dienone is 3. The van der Waals surface area contributed by atoms with Crippen LogP contribution in [0.4, 0.5) is 0 Å². The molecule has 0 aliphatic heterocycles. The van der Waals surface area contributed by atoms with E-state index in [9.17, 15) is 19.8 Å². The number of hydrogen-bond acceptors (Lipinski definition) is 5. The van der Waals surface area contributed by atoms with Crippen LogP contribution in [0, 0.1) is 0 Å². The average molecular weight is 1160 g/mol. The molecule has 0 aromatic rings. The maximum Gasteiger partial charge on any atom is 0.305 e. The van der Waals surface area contributed by atoms with E-state index in [1.54, 1.807) is 6.08 Å². The SMILES string of the molecule is CCCCCCCCCCCCCCCCCCC/C=C/C(O)C(CO)NC(=O)CCCCCCCCCCCCCCCCCC/C=C\CCCCCCCCCCCCCCOC(=O)CCCCCCCCCCCCCCCC. The minimum Gasteiger partial charge on any atom is -0.466 e. The van der Waals surface area contributed by atoms with Crippen molar-refractivity contribution >= 4 is 11.9 Å². The number of rotatable bonds is 71. The zero-order chi connectivity index (χ0) is 59.2. The highest BCUT2D eigenvalue weighted by Crippen LogP contribution is 2.19. The molecule has 82 heavy (non-hydrogen) atoms. The van der Waals surface area contributed by atoms with Gasteiger partial charge in [0.05, 0.1) is 25.4 Å². The highest BCUT2D eigenvalue weighted by molar-refractivity contribution is 5.76. The Kier molecular flexibility index (Phi) is 70.4. The van der Waals surface area contributed by atoms with E-state index in [0.717, 1.165) is 38.5 Å². The molecular formula is C76H147NO5. The van der Waals surface area contributed by atoms with E-state index in [0.29, 0.717) is 19.4 Å². The summed E-state index contributed by atoms with van der Waals surface area (Å²) in [5.41, 5.74) is 0. The molecule has 6 heteroatoms. The van der Waals surface area contributed by atoms with Crippen LogP contribution in [-0.2, 0) is 14.3 Å². The first kappa shape index (κ1) is 80.3. The van der Waals surface area contributed by atoms with Gasteiger partial charge in [-0.3, -0.25) is 9.59 Å². The third-order valence-corrected chi connectivity index (χ3v) is 17.7. The van der Waals surface area contributed by atoms with E-state index >= 15 is 0 Å². The molecule has 0 rings (SSSR count). The highest BCUT2D eigenvalue weighted by Gasteiger charge is 2.18. The monoisotopic (exact) mass is 1150 g/mol. The second-order valence-electron chi connectivity index (χ2n) is 26.0. The highest BCUT2D eigenvalue weighted by atomic mass is 16.5. The molecule has 0 spiro atoms. The Morgan fingerprint density at radius 3 is 0.866 bits per heavy atom. The molecule has 0 saturated heterocycles. The Bertz CT molecular complexity index is 1280. The first-order chi connectivity index (χ1) is 40.5. The minimum atomic E-state index is -0.843. The van der Waals surface area contributed by atoms with E-state index in [2.05, 4.69) is 31.3 Å². The Balaban J connectivity index is 3.37. The molecule has 0 aromatic carbocycles. The van der Waals surface area contributed by atoms with Gasteiger partial charge in [-0.15, -0.1) is 0 Å². The van der Waals surface area contributed by atoms with Crippen molar-refractivity contribution in [3.8, 4) is 0 Å². The number of ether oxygens (including phenoxy) is 1. The Labute approximate surface area is 513 Å². The summed E-state index contributed by atoms with van der Waals surface area (Å²) in [5, 5.41) is 23.2. The molecule has 0 heterocycles. The largest absolute Gasteiger partial charge is 0.466 e. The summed E-state index contributed by atoms with van der Waals surface area (Å²) in [5.74, 6) is -0.0402. The molecule has 0 aliphatic rings. The zero-order valence-corrected chi connectivity index (χ0v) is 55.8. The maximum atomic E-state index is 12.5. The van der Waals surface area contributed by atoms with E-state index in [1.807, 2.05) is 6.08 Å². The van der Waals surface area contributed by atoms with Gasteiger partial charge in [0.2, 0.25) is 5.91 Å². The van der Waals surface area contributed by atoms with Crippen molar-refractivity contribution < 1.29 is 24.5 Å². The van der Waals surface area contributed by atoms with Gasteiger partial charge in [-0.2, -0.15) is 0 Å². The van der Waals surface area contributed by atoms with Crippen LogP contribution < -0.4 is 5.32 Å². The minimum absolute atomic E-state index is 0.0210. The summed E-state index contributed by atoms with van der Waals surface area (Å²) < 4.78 is 5.50. The maximum absolute atomic E-state index is 12.5. The van der Waals surface area contributed by atoms with Gasteiger partial charge in [-0.1, -0.05) is 378 Å². The van der Waals surface area contributed by atoms with Crippen LogP contribution in [0.2, 0.25) is 0 Å². The lowest BCUT2D eigenvalue weighted by Gasteiger charge is -2.20. The van der Waals surface area contributed by atoms with Crippen LogP contribution in [0.3, 0.4) is 0 Å². The Morgan fingerprint density at radius 1 is 0.329 bits per heavy atom. The third kappa shape index (κ3) is 67.5. The third-order valence-electron chi connectivity index (χ3n) is 17.7. The number of aliphatic hydroxyl groups excluding tert-OH is 2. The molecule has 0 radical (unpaired) electrons. The Morgan fingerprint density at radius 2 is 0.573 bits per heavy atom. The van der Waals surface area contributed by atoms with Gasteiger partial charge in [0.15, 0.2) is 0 Å². The number of carbonyl (C=O) groups excluding carboxylic acids is 2. The van der Waals surface area contributed by atoms with Crippen LogP contribution in [0.25, 0.3) is 0 Å². The van der Waals surface area contributed by atoms with Crippen LogP contribution in [0.5, 0.6) is 0 Å². The molecule has 3 N–H and O–H groups in total. The molecule has 0 fully saturated rings. The normalized spacial score (nSPS) is 12.6. The van der Waals surface area contributed by atoms with E-state index in [-0.39, 0.29) is 18.5 Å². The molecule has 1 amide bonds. The standard InChI is InChI=1S/C76H147NO5/c1-3-5-7-9-11-13-15-17-19-20-35-38-41-44-48-52-56-60-64-68-74(79)73(72-78)77-75(80)69-65-61-57-53-49-45-42-39-36-33-31-29-27-25-23-21-22-24-26-28-30-32-34-37-40-43-47-51-55-59-63-67-71-82-76(81)70-66-62-58-54-50-46-18-16-14-12-10-8-6-4-2/h24,26,64,68,73-74,78-79H,3-23,25,27-63,65-67,69-72H2,1-2H3,(H,77,80)/b26-24-,68-64+. The van der Waals surface area contributed by atoms with Crippen molar-refractivity contribution in [2.45, 2.75) is 437 Å². The van der Waals surface area contributed by atoms with Gasteiger partial charge < -0.3 is 20.3 Å². The number of hydrogen-bond donors (Lipinski definition) is 3. The van der Waals surface area contributed by atoms with Crippen LogP contribution >= 0.6 is 0 Å². The molecule has 0 saturated carbocycles. The second kappa shape index (κ2) is 71.8. The quantitative estimate of drug-likeness (QED) is 0.0320.